The fourth-order valence-electron chi connectivity index (χ4n) is 2.84. The molecule has 140 valence electrons. The highest BCUT2D eigenvalue weighted by atomic mass is 19.4. The van der Waals surface area contributed by atoms with Crippen molar-refractivity contribution in [3.05, 3.63) is 77.6 Å². The Morgan fingerprint density at radius 1 is 1.07 bits per heavy atom. The first-order valence-electron chi connectivity index (χ1n) is 8.47. The van der Waals surface area contributed by atoms with E-state index in [9.17, 15) is 13.2 Å². The highest BCUT2D eigenvalue weighted by Gasteiger charge is 2.30. The summed E-state index contributed by atoms with van der Waals surface area (Å²) in [5, 5.41) is 4.18. The van der Waals surface area contributed by atoms with E-state index in [0.29, 0.717) is 23.6 Å². The zero-order chi connectivity index (χ0) is 19.4. The maximum absolute atomic E-state index is 12.7. The quantitative estimate of drug-likeness (QED) is 0.598. The molecule has 1 aromatic heterocycles. The van der Waals surface area contributed by atoms with Crippen LogP contribution in [0.15, 0.2) is 60.9 Å². The number of fused-ring (bicyclic) bond motifs is 1. The lowest BCUT2D eigenvalue weighted by Gasteiger charge is -2.14. The van der Waals surface area contributed by atoms with Crippen molar-refractivity contribution in [3.63, 3.8) is 0 Å². The minimum atomic E-state index is -4.37. The molecule has 2 aromatic carbocycles. The summed E-state index contributed by atoms with van der Waals surface area (Å²) in [5.74, 6) is 0.829. The Hall–Kier alpha value is -3.02. The third-order valence-electron chi connectivity index (χ3n) is 4.14. The van der Waals surface area contributed by atoms with Crippen LogP contribution in [0, 0.1) is 6.92 Å². The zero-order valence-electron chi connectivity index (χ0n) is 15.0. The monoisotopic (exact) mass is 372 g/mol. The van der Waals surface area contributed by atoms with E-state index < -0.39 is 11.7 Å². The van der Waals surface area contributed by atoms with Gasteiger partial charge < -0.3 is 10.1 Å². The number of hydrogen-bond acceptors (Lipinski definition) is 3. The van der Waals surface area contributed by atoms with Gasteiger partial charge in [-0.25, -0.2) is 0 Å². The molecule has 0 aliphatic heterocycles. The van der Waals surface area contributed by atoms with Gasteiger partial charge in [0.15, 0.2) is 5.75 Å². The number of pyridine rings is 1. The number of allylic oxidation sites excluding steroid dienone is 1. The van der Waals surface area contributed by atoms with E-state index in [4.69, 9.17) is 4.74 Å². The van der Waals surface area contributed by atoms with E-state index in [1.807, 2.05) is 38.3 Å². The molecule has 0 bridgehead atoms. The maximum Gasteiger partial charge on any atom is 0.416 e. The molecule has 0 amide bonds. The summed E-state index contributed by atoms with van der Waals surface area (Å²) in [6.45, 7) is 4.55. The van der Waals surface area contributed by atoms with E-state index in [1.54, 1.807) is 12.3 Å². The van der Waals surface area contributed by atoms with Crippen LogP contribution < -0.4 is 10.1 Å². The molecule has 1 heterocycles. The summed E-state index contributed by atoms with van der Waals surface area (Å²) in [5.41, 5.74) is 2.08. The highest BCUT2D eigenvalue weighted by Crippen LogP contribution is 2.34. The molecule has 0 atom stereocenters. The van der Waals surface area contributed by atoms with Gasteiger partial charge in [-0.05, 0) is 67.6 Å². The number of rotatable bonds is 5. The van der Waals surface area contributed by atoms with Gasteiger partial charge in [-0.2, -0.15) is 13.2 Å². The molecule has 27 heavy (non-hydrogen) atoms. The number of nitrogens with one attached hydrogen (secondary N) is 1. The lowest BCUT2D eigenvalue weighted by molar-refractivity contribution is -0.137. The van der Waals surface area contributed by atoms with Crippen LogP contribution in [0.5, 0.6) is 11.5 Å². The first-order chi connectivity index (χ1) is 12.9. The Labute approximate surface area is 155 Å². The van der Waals surface area contributed by atoms with Crippen LogP contribution in [0.2, 0.25) is 0 Å². The van der Waals surface area contributed by atoms with Gasteiger partial charge in [-0.3, -0.25) is 4.98 Å². The van der Waals surface area contributed by atoms with Crippen molar-refractivity contribution >= 4 is 10.9 Å². The van der Waals surface area contributed by atoms with Crippen LogP contribution in [0.3, 0.4) is 0 Å². The minimum Gasteiger partial charge on any atom is -0.455 e. The lowest BCUT2D eigenvalue weighted by atomic mass is 10.0. The predicted octanol–water partition coefficient (Wildman–Crippen LogP) is 5.98. The van der Waals surface area contributed by atoms with Crippen LogP contribution in [0.4, 0.5) is 13.2 Å². The molecule has 0 aliphatic carbocycles. The molecule has 3 rings (SSSR count). The van der Waals surface area contributed by atoms with Gasteiger partial charge in [-0.1, -0.05) is 12.1 Å². The molecular weight excluding hydrogens is 353 g/mol. The van der Waals surface area contributed by atoms with Gasteiger partial charge in [0.1, 0.15) is 11.3 Å². The second-order valence-electron chi connectivity index (χ2n) is 6.08. The van der Waals surface area contributed by atoms with E-state index in [0.717, 1.165) is 28.6 Å². The van der Waals surface area contributed by atoms with Crippen molar-refractivity contribution in [3.8, 4) is 11.5 Å². The van der Waals surface area contributed by atoms with Gasteiger partial charge in [0.05, 0.1) is 5.56 Å². The van der Waals surface area contributed by atoms with E-state index in [-0.39, 0.29) is 0 Å². The van der Waals surface area contributed by atoms with Gasteiger partial charge in [0.2, 0.25) is 0 Å². The summed E-state index contributed by atoms with van der Waals surface area (Å²) in [7, 11) is 0. The van der Waals surface area contributed by atoms with Gasteiger partial charge in [0.25, 0.3) is 0 Å². The molecule has 0 spiro atoms. The van der Waals surface area contributed by atoms with Crippen molar-refractivity contribution < 1.29 is 17.9 Å². The van der Waals surface area contributed by atoms with Gasteiger partial charge in [0, 0.05) is 18.1 Å². The minimum absolute atomic E-state index is 0.326. The molecule has 0 aliphatic rings. The number of benzene rings is 2. The summed E-state index contributed by atoms with van der Waals surface area (Å²) >= 11 is 0. The van der Waals surface area contributed by atoms with Crippen molar-refractivity contribution in [2.24, 2.45) is 0 Å². The fraction of sp³-hybridized carbons (Fsp3) is 0.190. The molecule has 0 radical (unpaired) electrons. The Morgan fingerprint density at radius 3 is 2.48 bits per heavy atom. The average Bonchev–Trinajstić information content (AvgIpc) is 2.63. The van der Waals surface area contributed by atoms with Crippen molar-refractivity contribution in [1.29, 1.82) is 0 Å². The SMILES string of the molecule is CC=CNCc1ccc(Oc2ccc(C(F)(F)F)cc2)c2nccc(C)c12. The maximum atomic E-state index is 12.7. The van der Waals surface area contributed by atoms with E-state index in [1.165, 1.54) is 12.1 Å². The first-order valence-corrected chi connectivity index (χ1v) is 8.47. The predicted molar refractivity (Wildman–Crippen MR) is 99.7 cm³/mol. The second-order valence-corrected chi connectivity index (χ2v) is 6.08. The van der Waals surface area contributed by atoms with Crippen LogP contribution in [-0.4, -0.2) is 4.98 Å². The second kappa shape index (κ2) is 7.70. The molecule has 6 heteroatoms. The van der Waals surface area contributed by atoms with Crippen molar-refractivity contribution in [1.82, 2.24) is 10.3 Å². The number of aromatic nitrogens is 1. The standard InChI is InChI=1S/C21H19F3N2O/c1-3-11-25-13-15-4-9-18(20-19(15)14(2)10-12-26-20)27-17-7-5-16(6-8-17)21(22,23)24/h3-12,25H,13H2,1-2H3. The summed E-state index contributed by atoms with van der Waals surface area (Å²) in [4.78, 5) is 4.43. The number of aryl methyl sites for hydroxylation is 1. The fourth-order valence-corrected chi connectivity index (χ4v) is 2.84. The molecular formula is C21H19F3N2O. The van der Waals surface area contributed by atoms with Crippen molar-refractivity contribution in [2.75, 3.05) is 0 Å². The van der Waals surface area contributed by atoms with Gasteiger partial charge >= 0.3 is 6.18 Å². The summed E-state index contributed by atoms with van der Waals surface area (Å²) in [6, 6.07) is 10.3. The summed E-state index contributed by atoms with van der Waals surface area (Å²) < 4.78 is 44.0. The molecule has 3 nitrogen and oxygen atoms in total. The van der Waals surface area contributed by atoms with Crippen LogP contribution in [0.25, 0.3) is 10.9 Å². The Bertz CT molecular complexity index is 964. The third-order valence-corrected chi connectivity index (χ3v) is 4.14. The zero-order valence-corrected chi connectivity index (χ0v) is 15.0. The normalized spacial score (nSPS) is 11.9. The first kappa shape index (κ1) is 18.8. The number of nitrogens with zero attached hydrogens (tertiary/aromatic N) is 1. The Balaban J connectivity index is 1.96. The van der Waals surface area contributed by atoms with Crippen molar-refractivity contribution in [2.45, 2.75) is 26.6 Å². The molecule has 0 saturated carbocycles. The van der Waals surface area contributed by atoms with E-state index in [2.05, 4.69) is 10.3 Å². The molecule has 0 saturated heterocycles. The Morgan fingerprint density at radius 2 is 1.81 bits per heavy atom. The van der Waals surface area contributed by atoms with Gasteiger partial charge in [-0.15, -0.1) is 0 Å². The van der Waals surface area contributed by atoms with E-state index >= 15 is 0 Å². The number of halogens is 3. The largest absolute Gasteiger partial charge is 0.455 e. The molecule has 0 unspecified atom stereocenters. The Kier molecular flexibility index (Phi) is 5.35. The number of alkyl halides is 3. The summed E-state index contributed by atoms with van der Waals surface area (Å²) in [6.07, 6.45) is 1.10. The number of hydrogen-bond donors (Lipinski definition) is 1. The highest BCUT2D eigenvalue weighted by molar-refractivity contribution is 5.90. The lowest BCUT2D eigenvalue weighted by Crippen LogP contribution is -2.06. The molecule has 3 aromatic rings. The average molecular weight is 372 g/mol. The van der Waals surface area contributed by atoms with Crippen LogP contribution >= 0.6 is 0 Å². The smallest absolute Gasteiger partial charge is 0.416 e. The topological polar surface area (TPSA) is 34.1 Å². The third kappa shape index (κ3) is 4.22. The number of ether oxygens (including phenoxy) is 1. The molecule has 0 fully saturated rings. The van der Waals surface area contributed by atoms with Crippen LogP contribution in [0.1, 0.15) is 23.6 Å². The van der Waals surface area contributed by atoms with Crippen LogP contribution in [-0.2, 0) is 12.7 Å². The molecule has 1 N–H and O–H groups in total.